The predicted octanol–water partition coefficient (Wildman–Crippen LogP) is 4.33. The van der Waals surface area contributed by atoms with Crippen LogP contribution < -0.4 is 0 Å². The van der Waals surface area contributed by atoms with Gasteiger partial charge in [0.1, 0.15) is 0 Å². The summed E-state index contributed by atoms with van der Waals surface area (Å²) in [6, 6.07) is 0. The average molecular weight is 495 g/mol. The van der Waals surface area contributed by atoms with Crippen LogP contribution in [0.4, 0.5) is 0 Å². The first-order valence-electron chi connectivity index (χ1n) is 8.30. The Morgan fingerprint density at radius 1 is 0.667 bits per heavy atom. The molecule has 0 aliphatic carbocycles. The van der Waals surface area contributed by atoms with Crippen LogP contribution >= 0.6 is 0 Å². The maximum atomic E-state index is 11.4. The molecule has 0 N–H and O–H groups in total. The van der Waals surface area contributed by atoms with Gasteiger partial charge in [-0.2, -0.15) is 0 Å². The molecule has 0 aliphatic rings. The minimum atomic E-state index is -1.84. The van der Waals surface area contributed by atoms with Crippen LogP contribution in [0, 0.1) is 0 Å². The van der Waals surface area contributed by atoms with E-state index >= 15 is 0 Å². The van der Waals surface area contributed by atoms with E-state index in [4.69, 9.17) is 5.63 Å². The number of rotatable bonds is 14. The Labute approximate surface area is 142 Å². The third-order valence-corrected chi connectivity index (χ3v) is 5.41. The number of hydrogen-bond acceptors (Lipinski definition) is 4. The van der Waals surface area contributed by atoms with E-state index in [0.29, 0.717) is 12.8 Å². The molecule has 21 heavy (non-hydrogen) atoms. The van der Waals surface area contributed by atoms with E-state index in [1.807, 2.05) is 0 Å². The van der Waals surface area contributed by atoms with Crippen molar-refractivity contribution >= 4 is 36.1 Å². The first kappa shape index (κ1) is 20.8. The fraction of sp³-hybridized carbons (Fsp3) is 0.875. The molecular weight excluding hydrogens is 465 g/mol. The SMILES string of the molecule is CCCCCCCC(=O)[O][Bi][O]C(=O)CCCCCCC. The van der Waals surface area contributed by atoms with Crippen LogP contribution in [-0.4, -0.2) is 36.1 Å². The summed E-state index contributed by atoms with van der Waals surface area (Å²) in [5.74, 6) is -0.391. The van der Waals surface area contributed by atoms with Crippen LogP contribution in [0.3, 0.4) is 0 Å². The molecule has 0 atom stereocenters. The summed E-state index contributed by atoms with van der Waals surface area (Å²) in [5, 5.41) is 0. The molecule has 5 heteroatoms. The second-order valence-corrected chi connectivity index (χ2v) is 7.33. The standard InChI is InChI=1S/2C8H16O2.Bi/c2*1-2-3-4-5-6-7-8(9)10;/h2*2-7H2,1H3,(H,9,10);/q;;+2/p-2. The van der Waals surface area contributed by atoms with Gasteiger partial charge in [0.25, 0.3) is 0 Å². The summed E-state index contributed by atoms with van der Waals surface area (Å²) in [6.07, 6.45) is 12.0. The van der Waals surface area contributed by atoms with Gasteiger partial charge < -0.3 is 0 Å². The van der Waals surface area contributed by atoms with Gasteiger partial charge in [0.15, 0.2) is 0 Å². The van der Waals surface area contributed by atoms with Crippen molar-refractivity contribution in [2.45, 2.75) is 90.9 Å². The van der Waals surface area contributed by atoms with Gasteiger partial charge in [0.2, 0.25) is 0 Å². The fourth-order valence-electron chi connectivity index (χ4n) is 1.94. The van der Waals surface area contributed by atoms with Gasteiger partial charge in [0.05, 0.1) is 0 Å². The van der Waals surface area contributed by atoms with E-state index in [0.717, 1.165) is 25.7 Å². The molecule has 123 valence electrons. The summed E-state index contributed by atoms with van der Waals surface area (Å²) in [5.41, 5.74) is 0. The molecule has 0 heterocycles. The van der Waals surface area contributed by atoms with Gasteiger partial charge in [-0.1, -0.05) is 0 Å². The first-order valence-corrected chi connectivity index (χ1v) is 11.1. The summed E-state index contributed by atoms with van der Waals surface area (Å²) >= 11 is -1.84. The van der Waals surface area contributed by atoms with Crippen LogP contribution in [0.2, 0.25) is 0 Å². The van der Waals surface area contributed by atoms with Crippen LogP contribution in [0.25, 0.3) is 0 Å². The van der Waals surface area contributed by atoms with Gasteiger partial charge in [-0.05, 0) is 0 Å². The Morgan fingerprint density at radius 2 is 1.05 bits per heavy atom. The van der Waals surface area contributed by atoms with Crippen molar-refractivity contribution in [1.82, 2.24) is 0 Å². The van der Waals surface area contributed by atoms with E-state index < -0.39 is 24.1 Å². The maximum absolute atomic E-state index is 11.4. The number of unbranched alkanes of at least 4 members (excludes halogenated alkanes) is 8. The van der Waals surface area contributed by atoms with Gasteiger partial charge >= 0.3 is 142 Å². The zero-order chi connectivity index (χ0) is 15.8. The van der Waals surface area contributed by atoms with Crippen LogP contribution in [0.5, 0.6) is 0 Å². The summed E-state index contributed by atoms with van der Waals surface area (Å²) in [6.45, 7) is 4.33. The molecule has 0 unspecified atom stereocenters. The molecule has 0 spiro atoms. The molecular formula is C16H30BiO4. The van der Waals surface area contributed by atoms with Crippen molar-refractivity contribution in [3.05, 3.63) is 0 Å². The Morgan fingerprint density at radius 3 is 1.43 bits per heavy atom. The monoisotopic (exact) mass is 495 g/mol. The Bertz CT molecular complexity index is 243. The molecule has 0 aromatic heterocycles. The second-order valence-electron chi connectivity index (χ2n) is 5.33. The van der Waals surface area contributed by atoms with Crippen molar-refractivity contribution in [2.24, 2.45) is 0 Å². The normalized spacial score (nSPS) is 10.4. The van der Waals surface area contributed by atoms with Crippen molar-refractivity contribution in [1.29, 1.82) is 0 Å². The van der Waals surface area contributed by atoms with Crippen LogP contribution in [-0.2, 0) is 15.2 Å². The number of hydrogen-bond donors (Lipinski definition) is 0. The summed E-state index contributed by atoms with van der Waals surface area (Å²) in [4.78, 5) is 22.8. The third kappa shape index (κ3) is 16.0. The fourth-order valence-corrected chi connectivity index (χ4v) is 3.44. The van der Waals surface area contributed by atoms with Gasteiger partial charge in [0, 0.05) is 0 Å². The average Bonchev–Trinajstić information content (AvgIpc) is 2.47. The molecule has 0 saturated heterocycles. The molecule has 0 aliphatic heterocycles. The van der Waals surface area contributed by atoms with Gasteiger partial charge in [-0.25, -0.2) is 0 Å². The first-order chi connectivity index (χ1) is 10.2. The molecule has 0 amide bonds. The Kier molecular flexibility index (Phi) is 16.1. The zero-order valence-corrected chi connectivity index (χ0v) is 17.0. The molecule has 0 rings (SSSR count). The topological polar surface area (TPSA) is 52.6 Å². The third-order valence-electron chi connectivity index (χ3n) is 3.25. The minimum absolute atomic E-state index is 0.195. The molecule has 4 nitrogen and oxygen atoms in total. The van der Waals surface area contributed by atoms with Crippen molar-refractivity contribution in [2.75, 3.05) is 0 Å². The molecule has 1 radical (unpaired) electrons. The summed E-state index contributed by atoms with van der Waals surface area (Å²) in [7, 11) is 0. The summed E-state index contributed by atoms with van der Waals surface area (Å²) < 4.78 is 10.1. The zero-order valence-electron chi connectivity index (χ0n) is 13.6. The van der Waals surface area contributed by atoms with Crippen molar-refractivity contribution in [3.8, 4) is 0 Å². The Balaban J connectivity index is 3.34. The van der Waals surface area contributed by atoms with E-state index in [-0.39, 0.29) is 11.9 Å². The van der Waals surface area contributed by atoms with Gasteiger partial charge in [-0.15, -0.1) is 0 Å². The van der Waals surface area contributed by atoms with Crippen LogP contribution in [0.15, 0.2) is 0 Å². The Hall–Kier alpha value is -0.177. The van der Waals surface area contributed by atoms with Crippen molar-refractivity contribution < 1.29 is 15.2 Å². The molecule has 0 saturated carbocycles. The number of carbonyl (C=O) groups excluding carboxylic acids is 2. The molecule has 0 aromatic rings. The molecule has 0 aromatic carbocycles. The quantitative estimate of drug-likeness (QED) is 0.266. The van der Waals surface area contributed by atoms with E-state index in [2.05, 4.69) is 13.8 Å². The van der Waals surface area contributed by atoms with E-state index in [9.17, 15) is 9.59 Å². The van der Waals surface area contributed by atoms with E-state index in [1.54, 1.807) is 0 Å². The second kappa shape index (κ2) is 16.2. The van der Waals surface area contributed by atoms with E-state index in [1.165, 1.54) is 38.5 Å². The van der Waals surface area contributed by atoms with Crippen molar-refractivity contribution in [3.63, 3.8) is 0 Å². The molecule has 0 fully saturated rings. The molecule has 0 bridgehead atoms. The number of carbonyl (C=O) groups is 2. The predicted molar refractivity (Wildman–Crippen MR) is 84.7 cm³/mol. The van der Waals surface area contributed by atoms with Crippen LogP contribution in [0.1, 0.15) is 90.9 Å². The van der Waals surface area contributed by atoms with Gasteiger partial charge in [-0.3, -0.25) is 0 Å².